The van der Waals surface area contributed by atoms with Gasteiger partial charge in [0, 0.05) is 42.5 Å². The topological polar surface area (TPSA) is 72.0 Å². The molecule has 1 aliphatic carbocycles. The molecular formula is C22H27N5O. The number of nitrogens with one attached hydrogen (secondary N) is 2. The second kappa shape index (κ2) is 8.52. The summed E-state index contributed by atoms with van der Waals surface area (Å²) in [6.07, 6.45) is 12.4. The van der Waals surface area contributed by atoms with Gasteiger partial charge in [-0.3, -0.25) is 4.98 Å². The van der Waals surface area contributed by atoms with Crippen LogP contribution in [0.2, 0.25) is 0 Å². The highest BCUT2D eigenvalue weighted by molar-refractivity contribution is 5.45. The molecule has 2 aliphatic rings. The molecule has 0 aromatic carbocycles. The molecule has 6 nitrogen and oxygen atoms in total. The minimum Gasteiger partial charge on any atom is -0.442 e. The van der Waals surface area contributed by atoms with Gasteiger partial charge >= 0.3 is 0 Å². The maximum Gasteiger partial charge on any atom is 0.241 e. The lowest BCUT2D eigenvalue weighted by Gasteiger charge is -2.25. The second-order valence-electron chi connectivity index (χ2n) is 7.58. The van der Waals surface area contributed by atoms with Gasteiger partial charge in [-0.1, -0.05) is 13.0 Å². The molecule has 6 heteroatoms. The first kappa shape index (κ1) is 18.6. The third-order valence-electron chi connectivity index (χ3n) is 5.32. The standard InChI is InChI=1S/C22H27N5O/c1-15-3-6-20(26-14-15)27-19-5-4-18(13-16(19)2)28-22-21(24-11-12-25-22)17-7-9-23-10-8-17/h3-6,11-12,14,16-17,23H,7-10,13H2,1-2H3,(H,26,27). The van der Waals surface area contributed by atoms with Crippen molar-refractivity contribution >= 4 is 5.82 Å². The summed E-state index contributed by atoms with van der Waals surface area (Å²) < 4.78 is 6.20. The third-order valence-corrected chi connectivity index (χ3v) is 5.32. The van der Waals surface area contributed by atoms with Crippen LogP contribution in [-0.4, -0.2) is 28.0 Å². The summed E-state index contributed by atoms with van der Waals surface area (Å²) in [5, 5.41) is 6.82. The highest BCUT2D eigenvalue weighted by atomic mass is 16.5. The Balaban J connectivity index is 1.48. The average molecular weight is 377 g/mol. The highest BCUT2D eigenvalue weighted by Gasteiger charge is 2.23. The van der Waals surface area contributed by atoms with Crippen molar-refractivity contribution < 1.29 is 4.74 Å². The number of rotatable bonds is 5. The number of ether oxygens (including phenoxy) is 1. The number of allylic oxidation sites excluding steroid dienone is 4. The Labute approximate surface area is 166 Å². The minimum atomic E-state index is 0.308. The quantitative estimate of drug-likeness (QED) is 0.822. The molecule has 0 amide bonds. The van der Waals surface area contributed by atoms with Crippen LogP contribution < -0.4 is 15.4 Å². The average Bonchev–Trinajstić information content (AvgIpc) is 2.73. The summed E-state index contributed by atoms with van der Waals surface area (Å²) in [5.74, 6) is 3.15. The molecule has 0 spiro atoms. The van der Waals surface area contributed by atoms with E-state index in [1.807, 2.05) is 25.3 Å². The fraction of sp³-hybridized carbons (Fsp3) is 0.409. The van der Waals surface area contributed by atoms with E-state index in [2.05, 4.69) is 44.7 Å². The predicted molar refractivity (Wildman–Crippen MR) is 110 cm³/mol. The molecule has 2 aromatic rings. The van der Waals surface area contributed by atoms with E-state index >= 15 is 0 Å². The fourth-order valence-corrected chi connectivity index (χ4v) is 3.67. The first-order valence-corrected chi connectivity index (χ1v) is 9.99. The number of piperidine rings is 1. The lowest BCUT2D eigenvalue weighted by Crippen LogP contribution is -2.27. The van der Waals surface area contributed by atoms with Crippen molar-refractivity contribution in [1.29, 1.82) is 0 Å². The fourth-order valence-electron chi connectivity index (χ4n) is 3.67. The second-order valence-corrected chi connectivity index (χ2v) is 7.58. The van der Waals surface area contributed by atoms with Gasteiger partial charge in [-0.15, -0.1) is 0 Å². The molecule has 3 heterocycles. The Morgan fingerprint density at radius 2 is 1.89 bits per heavy atom. The van der Waals surface area contributed by atoms with Gasteiger partial charge in [0.05, 0.1) is 0 Å². The van der Waals surface area contributed by atoms with E-state index in [1.165, 1.54) is 0 Å². The monoisotopic (exact) mass is 377 g/mol. The number of anilines is 1. The van der Waals surface area contributed by atoms with E-state index in [4.69, 9.17) is 4.74 Å². The van der Waals surface area contributed by atoms with Gasteiger partial charge in [0.2, 0.25) is 5.88 Å². The molecule has 146 valence electrons. The van der Waals surface area contributed by atoms with E-state index in [0.717, 1.165) is 60.9 Å². The van der Waals surface area contributed by atoms with Crippen LogP contribution in [0.4, 0.5) is 5.82 Å². The van der Waals surface area contributed by atoms with Crippen LogP contribution in [0.25, 0.3) is 0 Å². The number of hydrogen-bond donors (Lipinski definition) is 2. The molecule has 1 unspecified atom stereocenters. The van der Waals surface area contributed by atoms with Crippen molar-refractivity contribution in [2.75, 3.05) is 18.4 Å². The van der Waals surface area contributed by atoms with Crippen molar-refractivity contribution in [3.63, 3.8) is 0 Å². The Morgan fingerprint density at radius 1 is 1.07 bits per heavy atom. The van der Waals surface area contributed by atoms with Crippen molar-refractivity contribution in [3.05, 3.63) is 65.6 Å². The summed E-state index contributed by atoms with van der Waals surface area (Å²) in [6, 6.07) is 4.06. The Bertz CT molecular complexity index is 869. The number of pyridine rings is 1. The number of aryl methyl sites for hydroxylation is 1. The van der Waals surface area contributed by atoms with Crippen molar-refractivity contribution in [2.45, 2.75) is 39.0 Å². The number of aromatic nitrogens is 3. The summed E-state index contributed by atoms with van der Waals surface area (Å²) in [5.41, 5.74) is 3.27. The molecule has 1 fully saturated rings. The maximum absolute atomic E-state index is 6.20. The lowest BCUT2D eigenvalue weighted by atomic mass is 9.94. The first-order valence-electron chi connectivity index (χ1n) is 9.99. The predicted octanol–water partition coefficient (Wildman–Crippen LogP) is 3.95. The van der Waals surface area contributed by atoms with Gasteiger partial charge in [0.25, 0.3) is 0 Å². The smallest absolute Gasteiger partial charge is 0.241 e. The summed E-state index contributed by atoms with van der Waals surface area (Å²) in [4.78, 5) is 13.5. The van der Waals surface area contributed by atoms with Crippen molar-refractivity contribution in [1.82, 2.24) is 20.3 Å². The molecular weight excluding hydrogens is 350 g/mol. The summed E-state index contributed by atoms with van der Waals surface area (Å²) in [7, 11) is 0. The molecule has 1 atom stereocenters. The van der Waals surface area contributed by atoms with Crippen LogP contribution in [0, 0.1) is 12.8 Å². The van der Waals surface area contributed by atoms with E-state index < -0.39 is 0 Å². The zero-order valence-corrected chi connectivity index (χ0v) is 16.5. The molecule has 1 saturated heterocycles. The van der Waals surface area contributed by atoms with Crippen molar-refractivity contribution in [3.8, 4) is 5.88 Å². The minimum absolute atomic E-state index is 0.308. The third kappa shape index (κ3) is 4.39. The Hall–Kier alpha value is -2.73. The van der Waals surface area contributed by atoms with Crippen molar-refractivity contribution in [2.24, 2.45) is 5.92 Å². The largest absolute Gasteiger partial charge is 0.442 e. The molecule has 4 rings (SSSR count). The van der Waals surface area contributed by atoms with E-state index in [-0.39, 0.29) is 0 Å². The first-order chi connectivity index (χ1) is 13.7. The summed E-state index contributed by atoms with van der Waals surface area (Å²) in [6.45, 7) is 6.26. The zero-order chi connectivity index (χ0) is 19.3. The van der Waals surface area contributed by atoms with Crippen LogP contribution in [0.3, 0.4) is 0 Å². The molecule has 2 aromatic heterocycles. The van der Waals surface area contributed by atoms with Crippen LogP contribution in [0.15, 0.2) is 54.3 Å². The van der Waals surface area contributed by atoms with Gasteiger partial charge in [0.15, 0.2) is 0 Å². The highest BCUT2D eigenvalue weighted by Crippen LogP contribution is 2.32. The normalized spacial score (nSPS) is 20.3. The Morgan fingerprint density at radius 3 is 2.64 bits per heavy atom. The molecule has 0 saturated carbocycles. The van der Waals surface area contributed by atoms with E-state index in [0.29, 0.717) is 17.7 Å². The molecule has 1 aliphatic heterocycles. The van der Waals surface area contributed by atoms with Gasteiger partial charge in [-0.2, -0.15) is 0 Å². The van der Waals surface area contributed by atoms with Gasteiger partial charge in [-0.25, -0.2) is 9.97 Å². The SMILES string of the molecule is Cc1ccc(NC2=CC=C(Oc3nccnc3C3CCNCC3)CC2C)nc1. The van der Waals surface area contributed by atoms with Crippen LogP contribution in [-0.2, 0) is 0 Å². The number of hydrogen-bond acceptors (Lipinski definition) is 6. The lowest BCUT2D eigenvalue weighted by molar-refractivity contribution is 0.350. The Kier molecular flexibility index (Phi) is 5.67. The van der Waals surface area contributed by atoms with E-state index in [9.17, 15) is 0 Å². The molecule has 0 radical (unpaired) electrons. The number of nitrogens with zero attached hydrogens (tertiary/aromatic N) is 3. The molecule has 2 N–H and O–H groups in total. The van der Waals surface area contributed by atoms with Crippen LogP contribution in [0.1, 0.15) is 43.4 Å². The zero-order valence-electron chi connectivity index (χ0n) is 16.5. The van der Waals surface area contributed by atoms with Crippen LogP contribution >= 0.6 is 0 Å². The molecule has 0 bridgehead atoms. The van der Waals surface area contributed by atoms with Gasteiger partial charge in [0.1, 0.15) is 17.3 Å². The summed E-state index contributed by atoms with van der Waals surface area (Å²) >= 11 is 0. The van der Waals surface area contributed by atoms with E-state index in [1.54, 1.807) is 12.4 Å². The molecule has 28 heavy (non-hydrogen) atoms. The van der Waals surface area contributed by atoms with Gasteiger partial charge in [-0.05, 0) is 56.6 Å². The van der Waals surface area contributed by atoms with Crippen LogP contribution in [0.5, 0.6) is 5.88 Å². The van der Waals surface area contributed by atoms with Gasteiger partial charge < -0.3 is 15.4 Å². The maximum atomic E-state index is 6.20.